The van der Waals surface area contributed by atoms with Crippen LogP contribution < -0.4 is 10.6 Å². The number of benzene rings is 2. The maximum absolute atomic E-state index is 5.92. The molecule has 1 atom stereocenters. The Balaban J connectivity index is 2.00. The van der Waals surface area contributed by atoms with Crippen molar-refractivity contribution in [2.75, 3.05) is 6.61 Å². The molecule has 1 heterocycles. The van der Waals surface area contributed by atoms with Gasteiger partial charge in [-0.2, -0.15) is 0 Å². The molecule has 1 aliphatic heterocycles. The van der Waals surface area contributed by atoms with E-state index in [1.54, 1.807) is 0 Å². The lowest BCUT2D eigenvalue weighted by Gasteiger charge is -2.25. The van der Waals surface area contributed by atoms with Crippen LogP contribution in [-0.2, 0) is 4.74 Å². The Kier molecular flexibility index (Phi) is 4.31. The van der Waals surface area contributed by atoms with Crippen LogP contribution in [0.1, 0.15) is 20.8 Å². The van der Waals surface area contributed by atoms with Crippen LogP contribution in [0.4, 0.5) is 0 Å². The maximum atomic E-state index is 5.92. The van der Waals surface area contributed by atoms with Crippen molar-refractivity contribution in [3.8, 4) is 0 Å². The van der Waals surface area contributed by atoms with Crippen molar-refractivity contribution < 1.29 is 4.74 Å². The van der Waals surface area contributed by atoms with Crippen molar-refractivity contribution in [3.05, 3.63) is 60.7 Å². The zero-order valence-corrected chi connectivity index (χ0v) is 14.3. The second-order valence-corrected chi connectivity index (χ2v) is 8.82. The summed E-state index contributed by atoms with van der Waals surface area (Å²) in [5.74, 6) is 0.906. The average Bonchev–Trinajstić information content (AvgIpc) is 2.90. The molecule has 0 aromatic heterocycles. The Morgan fingerprint density at radius 2 is 1.45 bits per heavy atom. The molecule has 0 saturated carbocycles. The van der Waals surface area contributed by atoms with Crippen LogP contribution in [0.15, 0.2) is 65.7 Å². The highest BCUT2D eigenvalue weighted by Crippen LogP contribution is 2.41. The predicted molar refractivity (Wildman–Crippen MR) is 96.0 cm³/mol. The zero-order valence-electron chi connectivity index (χ0n) is 13.4. The van der Waals surface area contributed by atoms with E-state index in [0.29, 0.717) is 6.61 Å². The van der Waals surface area contributed by atoms with Gasteiger partial charge >= 0.3 is 0 Å². The molecule has 0 bridgehead atoms. The Morgan fingerprint density at radius 3 is 1.86 bits per heavy atom. The SMILES string of the molecule is C[C@H](C1=NC(C)(C)CO1)P(c1ccccc1)c1ccccc1. The van der Waals surface area contributed by atoms with Gasteiger partial charge in [0.15, 0.2) is 5.90 Å². The molecule has 1 aliphatic rings. The third-order valence-corrected chi connectivity index (χ3v) is 6.50. The normalized spacial score (nSPS) is 17.9. The first kappa shape index (κ1) is 15.2. The average molecular weight is 311 g/mol. The molecule has 0 saturated heterocycles. The predicted octanol–water partition coefficient (Wildman–Crippen LogP) is 3.72. The van der Waals surface area contributed by atoms with Gasteiger partial charge in [-0.25, -0.2) is 4.99 Å². The smallest absolute Gasteiger partial charge is 0.191 e. The third-order valence-electron chi connectivity index (χ3n) is 3.80. The van der Waals surface area contributed by atoms with Gasteiger partial charge in [0.25, 0.3) is 0 Å². The molecule has 114 valence electrons. The molecule has 0 aliphatic carbocycles. The van der Waals surface area contributed by atoms with Crippen LogP contribution in [0.5, 0.6) is 0 Å². The van der Waals surface area contributed by atoms with Crippen molar-refractivity contribution in [2.45, 2.75) is 32.0 Å². The van der Waals surface area contributed by atoms with Crippen LogP contribution >= 0.6 is 7.92 Å². The van der Waals surface area contributed by atoms with Crippen molar-refractivity contribution in [2.24, 2.45) is 4.99 Å². The van der Waals surface area contributed by atoms with Crippen molar-refractivity contribution >= 4 is 24.4 Å². The van der Waals surface area contributed by atoms with E-state index in [2.05, 4.69) is 81.4 Å². The zero-order chi connectivity index (χ0) is 15.6. The summed E-state index contributed by atoms with van der Waals surface area (Å²) in [7, 11) is -0.520. The molecular weight excluding hydrogens is 289 g/mol. The van der Waals surface area contributed by atoms with E-state index in [1.165, 1.54) is 10.6 Å². The second-order valence-electron chi connectivity index (χ2n) is 6.27. The number of hydrogen-bond acceptors (Lipinski definition) is 2. The lowest BCUT2D eigenvalue weighted by molar-refractivity contribution is 0.275. The summed E-state index contributed by atoms with van der Waals surface area (Å²) < 4.78 is 5.92. The molecule has 0 spiro atoms. The minimum atomic E-state index is -0.520. The number of rotatable bonds is 4. The Bertz CT molecular complexity index is 612. The van der Waals surface area contributed by atoms with Crippen LogP contribution in [0, 0.1) is 0 Å². The first-order chi connectivity index (χ1) is 10.6. The monoisotopic (exact) mass is 311 g/mol. The molecule has 3 rings (SSSR count). The van der Waals surface area contributed by atoms with Gasteiger partial charge in [0.2, 0.25) is 0 Å². The highest BCUT2D eigenvalue weighted by molar-refractivity contribution is 7.74. The van der Waals surface area contributed by atoms with Gasteiger partial charge in [-0.3, -0.25) is 0 Å². The van der Waals surface area contributed by atoms with Gasteiger partial charge in [0, 0.05) is 0 Å². The minimum Gasteiger partial charge on any atom is -0.478 e. The van der Waals surface area contributed by atoms with E-state index in [9.17, 15) is 0 Å². The Morgan fingerprint density at radius 1 is 0.955 bits per heavy atom. The van der Waals surface area contributed by atoms with E-state index in [4.69, 9.17) is 9.73 Å². The molecule has 0 N–H and O–H groups in total. The fourth-order valence-electron chi connectivity index (χ4n) is 2.71. The molecule has 3 heteroatoms. The Hall–Kier alpha value is -1.66. The topological polar surface area (TPSA) is 21.6 Å². The quantitative estimate of drug-likeness (QED) is 0.789. The summed E-state index contributed by atoms with van der Waals surface area (Å²) in [6.45, 7) is 7.17. The number of nitrogens with zero attached hydrogens (tertiary/aromatic N) is 1. The minimum absolute atomic E-state index is 0.0992. The largest absolute Gasteiger partial charge is 0.478 e. The van der Waals surface area contributed by atoms with Crippen LogP contribution in [0.2, 0.25) is 0 Å². The van der Waals surface area contributed by atoms with Crippen LogP contribution in [-0.4, -0.2) is 23.7 Å². The fraction of sp³-hybridized carbons (Fsp3) is 0.316. The van der Waals surface area contributed by atoms with Gasteiger partial charge in [0.05, 0.1) is 11.2 Å². The number of hydrogen-bond donors (Lipinski definition) is 0. The first-order valence-electron chi connectivity index (χ1n) is 7.69. The summed E-state index contributed by atoms with van der Waals surface area (Å²) in [4.78, 5) is 4.80. The highest BCUT2D eigenvalue weighted by Gasteiger charge is 2.33. The molecule has 2 aromatic rings. The molecule has 2 aromatic carbocycles. The molecule has 0 unspecified atom stereocenters. The van der Waals surface area contributed by atoms with Gasteiger partial charge in [-0.15, -0.1) is 0 Å². The third kappa shape index (κ3) is 3.23. The first-order valence-corrected chi connectivity index (χ1v) is 9.10. The number of aliphatic imine (C=N–C) groups is 1. The summed E-state index contributed by atoms with van der Waals surface area (Å²) in [6.07, 6.45) is 0. The van der Waals surface area contributed by atoms with Crippen molar-refractivity contribution in [1.29, 1.82) is 0 Å². The van der Waals surface area contributed by atoms with E-state index in [0.717, 1.165) is 5.90 Å². The molecule has 0 radical (unpaired) electrons. The van der Waals surface area contributed by atoms with E-state index in [-0.39, 0.29) is 11.2 Å². The van der Waals surface area contributed by atoms with Gasteiger partial charge in [-0.1, -0.05) is 60.7 Å². The molecule has 2 nitrogen and oxygen atoms in total. The maximum Gasteiger partial charge on any atom is 0.191 e. The Labute approximate surface area is 134 Å². The summed E-state index contributed by atoms with van der Waals surface area (Å²) in [5, 5.41) is 2.74. The summed E-state index contributed by atoms with van der Waals surface area (Å²) in [5.41, 5.74) is 0.180. The van der Waals surface area contributed by atoms with Gasteiger partial charge in [0.1, 0.15) is 6.61 Å². The van der Waals surface area contributed by atoms with Gasteiger partial charge in [-0.05, 0) is 39.3 Å². The summed E-state index contributed by atoms with van der Waals surface area (Å²) in [6, 6.07) is 21.5. The van der Waals surface area contributed by atoms with Crippen molar-refractivity contribution in [3.63, 3.8) is 0 Å². The highest BCUT2D eigenvalue weighted by atomic mass is 31.1. The molecule has 0 amide bonds. The molecular formula is C19H22NOP. The lowest BCUT2D eigenvalue weighted by Crippen LogP contribution is -2.26. The molecule has 22 heavy (non-hydrogen) atoms. The number of ether oxygens (including phenoxy) is 1. The fourth-order valence-corrected chi connectivity index (χ4v) is 5.24. The van der Waals surface area contributed by atoms with Crippen LogP contribution in [0.3, 0.4) is 0 Å². The summed E-state index contributed by atoms with van der Waals surface area (Å²) >= 11 is 0. The van der Waals surface area contributed by atoms with E-state index in [1.807, 2.05) is 0 Å². The van der Waals surface area contributed by atoms with E-state index < -0.39 is 7.92 Å². The van der Waals surface area contributed by atoms with E-state index >= 15 is 0 Å². The second kappa shape index (κ2) is 6.22. The lowest BCUT2D eigenvalue weighted by atomic mass is 10.1. The van der Waals surface area contributed by atoms with Crippen LogP contribution in [0.25, 0.3) is 0 Å². The van der Waals surface area contributed by atoms with Crippen molar-refractivity contribution in [1.82, 2.24) is 0 Å². The standard InChI is InChI=1S/C19H22NOP/c1-15(18-20-19(2,3)14-21-18)22(16-10-6-4-7-11-16)17-12-8-5-9-13-17/h4-13,15H,14H2,1-3H3/t15-/m1/s1. The molecule has 0 fully saturated rings. The van der Waals surface area contributed by atoms with Gasteiger partial charge < -0.3 is 4.74 Å².